The van der Waals surface area contributed by atoms with E-state index in [1.165, 1.54) is 36.1 Å². The second kappa shape index (κ2) is 9.58. The summed E-state index contributed by atoms with van der Waals surface area (Å²) >= 11 is 0. The molecule has 0 spiro atoms. The molecule has 0 bridgehead atoms. The van der Waals surface area contributed by atoms with Crippen LogP contribution in [0, 0.1) is 5.82 Å². The summed E-state index contributed by atoms with van der Waals surface area (Å²) in [5, 5.41) is 3.12. The van der Waals surface area contributed by atoms with E-state index in [2.05, 4.69) is 10.1 Å². The molecule has 4 rings (SSSR count). The molecule has 1 heterocycles. The van der Waals surface area contributed by atoms with Gasteiger partial charge in [0.15, 0.2) is 0 Å². The van der Waals surface area contributed by atoms with Crippen LogP contribution in [0.3, 0.4) is 0 Å². The Kier molecular flexibility index (Phi) is 6.40. The number of carbonyl (C=O) groups is 1. The molecule has 0 fully saturated rings. The van der Waals surface area contributed by atoms with Gasteiger partial charge in [-0.2, -0.15) is 0 Å². The van der Waals surface area contributed by atoms with Crippen LogP contribution in [0.1, 0.15) is 22.8 Å². The Balaban J connectivity index is 1.92. The van der Waals surface area contributed by atoms with Crippen LogP contribution in [0.5, 0.6) is 5.75 Å². The lowest BCUT2D eigenvalue weighted by Gasteiger charge is -2.06. The maximum atomic E-state index is 13.5. The smallest absolute Gasteiger partial charge is 0.340 e. The minimum Gasteiger partial charge on any atom is -0.497 e. The van der Waals surface area contributed by atoms with E-state index in [9.17, 15) is 14.0 Å². The lowest BCUT2D eigenvalue weighted by atomic mass is 10.0. The number of esters is 1. The van der Waals surface area contributed by atoms with Crippen LogP contribution in [-0.2, 0) is 4.74 Å². The second-order valence-corrected chi connectivity index (χ2v) is 7.41. The van der Waals surface area contributed by atoms with Crippen molar-refractivity contribution in [2.75, 3.05) is 14.2 Å². The van der Waals surface area contributed by atoms with Crippen molar-refractivity contribution in [1.29, 1.82) is 0 Å². The average molecular weight is 459 g/mol. The van der Waals surface area contributed by atoms with Crippen LogP contribution in [0.4, 0.5) is 10.1 Å². The van der Waals surface area contributed by atoms with Gasteiger partial charge in [-0.1, -0.05) is 12.1 Å². The number of carbonyl (C=O) groups excluding carboxylic acids is 1. The van der Waals surface area contributed by atoms with E-state index in [-0.39, 0.29) is 11.1 Å². The monoisotopic (exact) mass is 459 g/mol. The Bertz CT molecular complexity index is 1420. The highest BCUT2D eigenvalue weighted by atomic mass is 19.1. The molecular formula is C26H22FN3O4. The molecule has 0 amide bonds. The number of halogens is 1. The van der Waals surface area contributed by atoms with Crippen molar-refractivity contribution in [2.24, 2.45) is 4.99 Å². The van der Waals surface area contributed by atoms with Gasteiger partial charge < -0.3 is 9.47 Å². The minimum absolute atomic E-state index is 0.282. The maximum Gasteiger partial charge on any atom is 0.340 e. The lowest BCUT2D eigenvalue weighted by molar-refractivity contribution is 0.0601. The summed E-state index contributed by atoms with van der Waals surface area (Å²) in [5.41, 5.74) is 2.72. The van der Waals surface area contributed by atoms with Crippen LogP contribution in [0.25, 0.3) is 16.9 Å². The zero-order chi connectivity index (χ0) is 24.2. The molecule has 0 saturated carbocycles. The number of aromatic amines is 1. The molecule has 0 aliphatic rings. The maximum absolute atomic E-state index is 13.5. The molecule has 0 radical (unpaired) electrons. The fourth-order valence-electron chi connectivity index (χ4n) is 3.60. The summed E-state index contributed by atoms with van der Waals surface area (Å²) in [4.78, 5) is 30.3. The highest BCUT2D eigenvalue weighted by Crippen LogP contribution is 2.26. The van der Waals surface area contributed by atoms with Crippen LogP contribution in [0.15, 0.2) is 82.6 Å². The van der Waals surface area contributed by atoms with Gasteiger partial charge in [-0.25, -0.2) is 13.9 Å². The quantitative estimate of drug-likeness (QED) is 0.328. The first-order chi connectivity index (χ1) is 16.4. The molecule has 0 saturated heterocycles. The van der Waals surface area contributed by atoms with Crippen LogP contribution >= 0.6 is 0 Å². The van der Waals surface area contributed by atoms with Gasteiger partial charge in [0, 0.05) is 5.56 Å². The number of nitrogens with zero attached hydrogens (tertiary/aromatic N) is 2. The van der Waals surface area contributed by atoms with E-state index >= 15 is 0 Å². The van der Waals surface area contributed by atoms with E-state index in [1.54, 1.807) is 50.4 Å². The number of aromatic nitrogens is 2. The van der Waals surface area contributed by atoms with Crippen molar-refractivity contribution in [3.63, 3.8) is 0 Å². The zero-order valence-electron chi connectivity index (χ0n) is 18.8. The van der Waals surface area contributed by atoms with Crippen LogP contribution in [0.2, 0.25) is 0 Å². The Morgan fingerprint density at radius 1 is 0.971 bits per heavy atom. The van der Waals surface area contributed by atoms with Gasteiger partial charge in [0.25, 0.3) is 5.56 Å². The number of rotatable bonds is 6. The second-order valence-electron chi connectivity index (χ2n) is 7.41. The highest BCUT2D eigenvalue weighted by Gasteiger charge is 2.20. The average Bonchev–Trinajstić information content (AvgIpc) is 3.21. The first-order valence-corrected chi connectivity index (χ1v) is 10.4. The number of nitrogens with one attached hydrogen (secondary N) is 1. The molecule has 172 valence electrons. The fraction of sp³-hybridized carbons (Fsp3) is 0.115. The van der Waals surface area contributed by atoms with Crippen molar-refractivity contribution in [3.8, 4) is 22.7 Å². The van der Waals surface area contributed by atoms with Gasteiger partial charge >= 0.3 is 5.97 Å². The number of H-pyrrole nitrogens is 1. The number of benzene rings is 3. The molecule has 4 aromatic rings. The molecule has 1 N–H and O–H groups in total. The number of hydrogen-bond acceptors (Lipinski definition) is 5. The van der Waals surface area contributed by atoms with Gasteiger partial charge in [-0.05, 0) is 67.6 Å². The third kappa shape index (κ3) is 4.38. The molecular weight excluding hydrogens is 437 g/mol. The lowest BCUT2D eigenvalue weighted by Crippen LogP contribution is -2.19. The number of hydrogen-bond donors (Lipinski definition) is 1. The third-order valence-electron chi connectivity index (χ3n) is 5.31. The molecule has 8 heteroatoms. The van der Waals surface area contributed by atoms with Crippen LogP contribution < -0.4 is 10.3 Å². The van der Waals surface area contributed by atoms with Gasteiger partial charge in [0.05, 0.1) is 48.1 Å². The van der Waals surface area contributed by atoms with Crippen molar-refractivity contribution < 1.29 is 18.7 Å². The Morgan fingerprint density at radius 3 is 2.29 bits per heavy atom. The predicted octanol–water partition coefficient (Wildman–Crippen LogP) is 4.91. The number of methoxy groups -OCH3 is 2. The molecule has 3 aromatic carbocycles. The number of ether oxygens (including phenoxy) is 2. The zero-order valence-corrected chi connectivity index (χ0v) is 18.8. The van der Waals surface area contributed by atoms with E-state index in [0.717, 1.165) is 5.56 Å². The van der Waals surface area contributed by atoms with Crippen molar-refractivity contribution in [1.82, 2.24) is 9.78 Å². The Labute approximate surface area is 195 Å². The SMILES string of the molecule is COC(=O)c1ccccc1N=C(C)c1c(-c2ccc(OC)cc2)[nH]n(-c2ccc(F)cc2)c1=O. The van der Waals surface area contributed by atoms with Gasteiger partial charge in [-0.3, -0.25) is 14.9 Å². The van der Waals surface area contributed by atoms with Gasteiger partial charge in [0.1, 0.15) is 11.6 Å². The molecule has 0 unspecified atom stereocenters. The molecule has 0 atom stereocenters. The van der Waals surface area contributed by atoms with E-state index in [1.807, 2.05) is 12.1 Å². The molecule has 1 aromatic heterocycles. The Morgan fingerprint density at radius 2 is 1.65 bits per heavy atom. The van der Waals surface area contributed by atoms with Crippen molar-refractivity contribution >= 4 is 17.4 Å². The predicted molar refractivity (Wildman–Crippen MR) is 128 cm³/mol. The summed E-state index contributed by atoms with van der Waals surface area (Å²) in [6.07, 6.45) is 0. The largest absolute Gasteiger partial charge is 0.497 e. The summed E-state index contributed by atoms with van der Waals surface area (Å²) in [7, 11) is 2.87. The highest BCUT2D eigenvalue weighted by molar-refractivity contribution is 6.06. The topological polar surface area (TPSA) is 85.7 Å². The first-order valence-electron chi connectivity index (χ1n) is 10.4. The van der Waals surface area contributed by atoms with E-state index in [4.69, 9.17) is 9.47 Å². The summed E-state index contributed by atoms with van der Waals surface area (Å²) in [5.74, 6) is -0.264. The first kappa shape index (κ1) is 22.7. The van der Waals surface area contributed by atoms with Crippen molar-refractivity contribution in [3.05, 3.63) is 100 Å². The number of aliphatic imine (C=N–C) groups is 1. The molecule has 34 heavy (non-hydrogen) atoms. The molecule has 7 nitrogen and oxygen atoms in total. The minimum atomic E-state index is -0.527. The standard InChI is InChI=1S/C26H22FN3O4/c1-16(28-22-7-5-4-6-21(22)26(32)34-3)23-24(17-8-14-20(33-2)15-9-17)29-30(25(23)31)19-12-10-18(27)11-13-19/h4-15,29H,1-3H3. The molecule has 0 aliphatic heterocycles. The van der Waals surface area contributed by atoms with Gasteiger partial charge in [-0.15, -0.1) is 0 Å². The summed E-state index contributed by atoms with van der Waals surface area (Å²) in [6, 6.07) is 19.5. The number of para-hydroxylation sites is 1. The molecule has 0 aliphatic carbocycles. The summed E-state index contributed by atoms with van der Waals surface area (Å²) < 4.78 is 24.9. The van der Waals surface area contributed by atoms with E-state index < -0.39 is 11.8 Å². The van der Waals surface area contributed by atoms with Crippen LogP contribution in [-0.4, -0.2) is 35.7 Å². The Hall–Kier alpha value is -4.46. The third-order valence-corrected chi connectivity index (χ3v) is 5.31. The van der Waals surface area contributed by atoms with Crippen molar-refractivity contribution in [2.45, 2.75) is 6.92 Å². The summed E-state index contributed by atoms with van der Waals surface area (Å²) in [6.45, 7) is 1.70. The normalized spacial score (nSPS) is 11.4. The van der Waals surface area contributed by atoms with E-state index in [0.29, 0.717) is 34.1 Å². The fourth-order valence-corrected chi connectivity index (χ4v) is 3.60. The van der Waals surface area contributed by atoms with Gasteiger partial charge in [0.2, 0.25) is 0 Å².